The lowest BCUT2D eigenvalue weighted by molar-refractivity contribution is -0.119. The molecule has 112 valence electrons. The Bertz CT molecular complexity index is 432. The quantitative estimate of drug-likeness (QED) is 0.834. The van der Waals surface area contributed by atoms with Crippen molar-refractivity contribution >= 4 is 11.6 Å². The van der Waals surface area contributed by atoms with E-state index in [-0.39, 0.29) is 11.8 Å². The van der Waals surface area contributed by atoms with Gasteiger partial charge in [-0.25, -0.2) is 0 Å². The van der Waals surface area contributed by atoms with Crippen LogP contribution in [0.25, 0.3) is 0 Å². The molecule has 0 fully saturated rings. The Morgan fingerprint density at radius 2 is 2.10 bits per heavy atom. The van der Waals surface area contributed by atoms with Gasteiger partial charge in [-0.1, -0.05) is 19.9 Å². The van der Waals surface area contributed by atoms with Gasteiger partial charge in [-0.05, 0) is 36.9 Å². The predicted molar refractivity (Wildman–Crippen MR) is 83.0 cm³/mol. The molecular formula is C16H26N2O2. The Kier molecular flexibility index (Phi) is 6.52. The normalized spacial score (nSPS) is 12.3. The Hall–Kier alpha value is -1.55. The van der Waals surface area contributed by atoms with E-state index < -0.39 is 0 Å². The number of nitrogens with zero attached hydrogens (tertiary/aromatic N) is 1. The third kappa shape index (κ3) is 4.85. The van der Waals surface area contributed by atoms with Crippen molar-refractivity contribution in [3.05, 3.63) is 24.3 Å². The van der Waals surface area contributed by atoms with Crippen molar-refractivity contribution in [2.45, 2.75) is 26.7 Å². The SMILES string of the molecule is COc1cccc(N(C)C(=O)C[C@@H](CN)CC(C)C)c1. The van der Waals surface area contributed by atoms with Gasteiger partial charge in [0.25, 0.3) is 0 Å². The summed E-state index contributed by atoms with van der Waals surface area (Å²) in [6.07, 6.45) is 1.47. The van der Waals surface area contributed by atoms with Crippen molar-refractivity contribution in [3.63, 3.8) is 0 Å². The second kappa shape index (κ2) is 7.90. The van der Waals surface area contributed by atoms with Gasteiger partial charge in [0.05, 0.1) is 7.11 Å². The lowest BCUT2D eigenvalue weighted by Gasteiger charge is -2.22. The molecule has 4 nitrogen and oxygen atoms in total. The standard InChI is InChI=1S/C16H26N2O2/c1-12(2)8-13(11-17)9-16(19)18(3)14-6-5-7-15(10-14)20-4/h5-7,10,12-13H,8-9,11,17H2,1-4H3/t13-/m0/s1. The van der Waals surface area contributed by atoms with Crippen LogP contribution in [0.5, 0.6) is 5.75 Å². The maximum atomic E-state index is 12.3. The van der Waals surface area contributed by atoms with E-state index in [2.05, 4.69) is 13.8 Å². The summed E-state index contributed by atoms with van der Waals surface area (Å²) in [5.74, 6) is 1.64. The van der Waals surface area contributed by atoms with Crippen LogP contribution in [0.4, 0.5) is 5.69 Å². The molecule has 0 saturated carbocycles. The molecule has 1 amide bonds. The minimum atomic E-state index is 0.0920. The largest absolute Gasteiger partial charge is 0.497 e. The topological polar surface area (TPSA) is 55.6 Å². The van der Waals surface area contributed by atoms with Gasteiger partial charge >= 0.3 is 0 Å². The molecule has 0 aromatic heterocycles. The second-order valence-electron chi connectivity index (χ2n) is 5.59. The van der Waals surface area contributed by atoms with Crippen molar-refractivity contribution in [1.82, 2.24) is 0 Å². The van der Waals surface area contributed by atoms with Crippen molar-refractivity contribution in [3.8, 4) is 5.75 Å². The molecule has 1 aromatic carbocycles. The average Bonchev–Trinajstić information content (AvgIpc) is 2.45. The number of nitrogens with two attached hydrogens (primary N) is 1. The molecule has 20 heavy (non-hydrogen) atoms. The average molecular weight is 278 g/mol. The van der Waals surface area contributed by atoms with Gasteiger partial charge in [-0.2, -0.15) is 0 Å². The molecule has 0 bridgehead atoms. The van der Waals surface area contributed by atoms with Crippen LogP contribution in [0.2, 0.25) is 0 Å². The van der Waals surface area contributed by atoms with Gasteiger partial charge in [0.15, 0.2) is 0 Å². The van der Waals surface area contributed by atoms with Crippen LogP contribution in [0, 0.1) is 11.8 Å². The number of rotatable bonds is 7. The smallest absolute Gasteiger partial charge is 0.227 e. The summed E-state index contributed by atoms with van der Waals surface area (Å²) in [6, 6.07) is 7.51. The Balaban J connectivity index is 2.70. The molecule has 0 heterocycles. The Morgan fingerprint density at radius 1 is 1.40 bits per heavy atom. The highest BCUT2D eigenvalue weighted by Crippen LogP contribution is 2.22. The van der Waals surface area contributed by atoms with E-state index in [0.717, 1.165) is 17.9 Å². The predicted octanol–water partition coefficient (Wildman–Crippen LogP) is 2.67. The van der Waals surface area contributed by atoms with Crippen LogP contribution in [0.3, 0.4) is 0 Å². The van der Waals surface area contributed by atoms with Gasteiger partial charge in [0.1, 0.15) is 5.75 Å². The number of hydrogen-bond donors (Lipinski definition) is 1. The number of anilines is 1. The third-order valence-corrected chi connectivity index (χ3v) is 3.42. The maximum absolute atomic E-state index is 12.3. The number of hydrogen-bond acceptors (Lipinski definition) is 3. The zero-order chi connectivity index (χ0) is 15.1. The number of ether oxygens (including phenoxy) is 1. The summed E-state index contributed by atoms with van der Waals surface area (Å²) >= 11 is 0. The summed E-state index contributed by atoms with van der Waals surface area (Å²) < 4.78 is 5.18. The molecule has 2 N–H and O–H groups in total. The highest BCUT2D eigenvalue weighted by molar-refractivity contribution is 5.93. The van der Waals surface area contributed by atoms with E-state index in [9.17, 15) is 4.79 Å². The summed E-state index contributed by atoms with van der Waals surface area (Å²) in [7, 11) is 3.41. The fourth-order valence-electron chi connectivity index (χ4n) is 2.28. The van der Waals surface area contributed by atoms with Crippen molar-refractivity contribution in [2.24, 2.45) is 17.6 Å². The molecule has 4 heteroatoms. The monoisotopic (exact) mass is 278 g/mol. The van der Waals surface area contributed by atoms with Gasteiger partial charge in [0.2, 0.25) is 5.91 Å². The van der Waals surface area contributed by atoms with E-state index in [1.807, 2.05) is 24.3 Å². The van der Waals surface area contributed by atoms with E-state index in [1.54, 1.807) is 19.1 Å². The fourth-order valence-corrected chi connectivity index (χ4v) is 2.28. The van der Waals surface area contributed by atoms with Crippen LogP contribution in [0.15, 0.2) is 24.3 Å². The lowest BCUT2D eigenvalue weighted by Crippen LogP contribution is -2.30. The number of carbonyl (C=O) groups is 1. The van der Waals surface area contributed by atoms with E-state index in [4.69, 9.17) is 10.5 Å². The molecule has 0 aliphatic rings. The molecular weight excluding hydrogens is 252 g/mol. The van der Waals surface area contributed by atoms with Crippen molar-refractivity contribution in [2.75, 3.05) is 25.6 Å². The first-order valence-electron chi connectivity index (χ1n) is 7.08. The fraction of sp³-hybridized carbons (Fsp3) is 0.562. The number of carbonyl (C=O) groups excluding carboxylic acids is 1. The molecule has 0 spiro atoms. The zero-order valence-corrected chi connectivity index (χ0v) is 12.9. The minimum absolute atomic E-state index is 0.0920. The van der Waals surface area contributed by atoms with E-state index in [0.29, 0.717) is 18.9 Å². The third-order valence-electron chi connectivity index (χ3n) is 3.42. The number of methoxy groups -OCH3 is 1. The van der Waals surface area contributed by atoms with Crippen LogP contribution in [-0.2, 0) is 4.79 Å². The number of benzene rings is 1. The molecule has 0 aliphatic carbocycles. The molecule has 1 atom stereocenters. The molecule has 0 radical (unpaired) electrons. The van der Waals surface area contributed by atoms with Crippen LogP contribution >= 0.6 is 0 Å². The summed E-state index contributed by atoms with van der Waals surface area (Å²) in [5, 5.41) is 0. The van der Waals surface area contributed by atoms with Crippen LogP contribution < -0.4 is 15.4 Å². The Labute approximate surface area is 121 Å². The van der Waals surface area contributed by atoms with Gasteiger partial charge < -0.3 is 15.4 Å². The van der Waals surface area contributed by atoms with Gasteiger partial charge in [0, 0.05) is 25.2 Å². The Morgan fingerprint density at radius 3 is 2.65 bits per heavy atom. The molecule has 0 saturated heterocycles. The molecule has 0 unspecified atom stereocenters. The van der Waals surface area contributed by atoms with Crippen LogP contribution in [-0.4, -0.2) is 26.6 Å². The first-order chi connectivity index (χ1) is 9.47. The van der Waals surface area contributed by atoms with Gasteiger partial charge in [-0.3, -0.25) is 4.79 Å². The first kappa shape index (κ1) is 16.5. The van der Waals surface area contributed by atoms with Crippen LogP contribution in [0.1, 0.15) is 26.7 Å². The van der Waals surface area contributed by atoms with E-state index >= 15 is 0 Å². The van der Waals surface area contributed by atoms with Gasteiger partial charge in [-0.15, -0.1) is 0 Å². The highest BCUT2D eigenvalue weighted by Gasteiger charge is 2.18. The summed E-state index contributed by atoms with van der Waals surface area (Å²) in [6.45, 7) is 4.85. The van der Waals surface area contributed by atoms with Crippen molar-refractivity contribution < 1.29 is 9.53 Å². The first-order valence-corrected chi connectivity index (χ1v) is 7.08. The highest BCUT2D eigenvalue weighted by atomic mass is 16.5. The number of amides is 1. The zero-order valence-electron chi connectivity index (χ0n) is 12.9. The minimum Gasteiger partial charge on any atom is -0.497 e. The maximum Gasteiger partial charge on any atom is 0.227 e. The second-order valence-corrected chi connectivity index (χ2v) is 5.59. The van der Waals surface area contributed by atoms with E-state index in [1.165, 1.54) is 0 Å². The molecule has 0 aliphatic heterocycles. The lowest BCUT2D eigenvalue weighted by atomic mass is 9.94. The summed E-state index contributed by atoms with van der Waals surface area (Å²) in [5.41, 5.74) is 6.61. The van der Waals surface area contributed by atoms with Crippen molar-refractivity contribution in [1.29, 1.82) is 0 Å². The summed E-state index contributed by atoms with van der Waals surface area (Å²) in [4.78, 5) is 14.0. The molecule has 1 aromatic rings. The molecule has 1 rings (SSSR count).